The van der Waals surface area contributed by atoms with E-state index in [9.17, 15) is 4.79 Å². The van der Waals surface area contributed by atoms with E-state index < -0.39 is 5.24 Å². The molecule has 0 amide bonds. The fourth-order valence-corrected chi connectivity index (χ4v) is 0.505. The van der Waals surface area contributed by atoms with E-state index in [4.69, 9.17) is 34.8 Å². The van der Waals surface area contributed by atoms with Crippen LogP contribution in [0.15, 0.2) is 10.6 Å². The van der Waals surface area contributed by atoms with Crippen molar-refractivity contribution in [2.24, 2.45) is 0 Å². The van der Waals surface area contributed by atoms with Crippen molar-refractivity contribution in [1.82, 2.24) is 0 Å². The van der Waals surface area contributed by atoms with Gasteiger partial charge < -0.3 is 0 Å². The Balaban J connectivity index is 3.68. The summed E-state index contributed by atoms with van der Waals surface area (Å²) < 4.78 is -0.125. The lowest BCUT2D eigenvalue weighted by atomic mass is 10.7. The molecule has 0 bridgehead atoms. The molecule has 0 aliphatic carbocycles. The summed E-state index contributed by atoms with van der Waals surface area (Å²) in [6.45, 7) is 0. The van der Waals surface area contributed by atoms with Gasteiger partial charge in [0.2, 0.25) is 5.24 Å². The largest absolute Gasteiger partial charge is 0.276 e. The van der Waals surface area contributed by atoms with E-state index in [1.807, 2.05) is 0 Å². The number of carbonyl (C=O) groups excluding carboxylic acids is 1. The van der Waals surface area contributed by atoms with Gasteiger partial charge >= 0.3 is 0 Å². The van der Waals surface area contributed by atoms with Crippen LogP contribution >= 0.6 is 34.8 Å². The molecule has 0 N–H and O–H groups in total. The third-order valence-electron chi connectivity index (χ3n) is 0.223. The van der Waals surface area contributed by atoms with Crippen LogP contribution in [0.2, 0.25) is 0 Å². The van der Waals surface area contributed by atoms with E-state index in [1.54, 1.807) is 0 Å². The molecule has 0 saturated carbocycles. The summed E-state index contributed by atoms with van der Waals surface area (Å²) in [4.78, 5) is 9.77. The Morgan fingerprint density at radius 2 is 1.71 bits per heavy atom. The highest BCUT2D eigenvalue weighted by atomic mass is 35.5. The number of carbonyl (C=O) groups is 1. The lowest BCUT2D eigenvalue weighted by Crippen LogP contribution is -1.72. The number of halogens is 3. The van der Waals surface area contributed by atoms with Crippen molar-refractivity contribution in [3.05, 3.63) is 10.6 Å². The topological polar surface area (TPSA) is 17.1 Å². The molecule has 0 heterocycles. The van der Waals surface area contributed by atoms with Gasteiger partial charge in [0.15, 0.2) is 0 Å². The molecular formula is C3HCl3O. The molecule has 7 heavy (non-hydrogen) atoms. The third-order valence-corrected chi connectivity index (χ3v) is 0.550. The van der Waals surface area contributed by atoms with Gasteiger partial charge in [0.05, 0.1) is 0 Å². The zero-order chi connectivity index (χ0) is 5.86. The lowest BCUT2D eigenvalue weighted by molar-refractivity contribution is -0.107. The summed E-state index contributed by atoms with van der Waals surface area (Å²) in [7, 11) is 0. The molecule has 0 spiro atoms. The van der Waals surface area contributed by atoms with Crippen LogP contribution in [-0.2, 0) is 4.79 Å². The van der Waals surface area contributed by atoms with Crippen LogP contribution in [0.5, 0.6) is 0 Å². The molecular weight excluding hydrogens is 158 g/mol. The zero-order valence-corrected chi connectivity index (χ0v) is 5.39. The minimum absolute atomic E-state index is 0.125. The summed E-state index contributed by atoms with van der Waals surface area (Å²) in [6.07, 6.45) is 0.907. The van der Waals surface area contributed by atoms with Crippen molar-refractivity contribution in [2.75, 3.05) is 0 Å². The second-order valence-electron chi connectivity index (χ2n) is 0.738. The number of hydrogen-bond donors (Lipinski definition) is 0. The summed E-state index contributed by atoms with van der Waals surface area (Å²) in [5, 5.41) is -0.667. The van der Waals surface area contributed by atoms with Gasteiger partial charge in [0.25, 0.3) is 0 Å². The van der Waals surface area contributed by atoms with E-state index in [-0.39, 0.29) is 4.49 Å². The predicted octanol–water partition coefficient (Wildman–Crippen LogP) is 2.07. The van der Waals surface area contributed by atoms with Crippen LogP contribution in [0.4, 0.5) is 0 Å². The molecule has 40 valence electrons. The zero-order valence-electron chi connectivity index (χ0n) is 3.12. The van der Waals surface area contributed by atoms with Crippen molar-refractivity contribution in [1.29, 1.82) is 0 Å². The predicted molar refractivity (Wildman–Crippen MR) is 30.6 cm³/mol. The van der Waals surface area contributed by atoms with Crippen LogP contribution in [0.1, 0.15) is 0 Å². The second-order valence-corrected chi connectivity index (χ2v) is 2.12. The Bertz CT molecular complexity index is 103. The fourth-order valence-electron chi connectivity index (χ4n) is 0.0858. The molecule has 0 aromatic carbocycles. The van der Waals surface area contributed by atoms with Gasteiger partial charge in [-0.25, -0.2) is 0 Å². The maximum atomic E-state index is 9.77. The summed E-state index contributed by atoms with van der Waals surface area (Å²) in [6, 6.07) is 0. The first-order chi connectivity index (χ1) is 3.13. The molecule has 0 aromatic rings. The second kappa shape index (κ2) is 3.30. The van der Waals surface area contributed by atoms with Gasteiger partial charge in [-0.1, -0.05) is 23.2 Å². The molecule has 0 radical (unpaired) electrons. The molecule has 4 heteroatoms. The minimum atomic E-state index is -0.667. The maximum absolute atomic E-state index is 9.77. The average molecular weight is 159 g/mol. The van der Waals surface area contributed by atoms with E-state index in [0.29, 0.717) is 0 Å². The van der Waals surface area contributed by atoms with Crippen molar-refractivity contribution in [3.8, 4) is 0 Å². The average Bonchev–Trinajstić information content (AvgIpc) is 1.27. The highest BCUT2D eigenvalue weighted by molar-refractivity contribution is 6.69. The number of hydrogen-bond acceptors (Lipinski definition) is 1. The Hall–Kier alpha value is 0.280. The first kappa shape index (κ1) is 7.28. The highest BCUT2D eigenvalue weighted by Crippen LogP contribution is 2.05. The SMILES string of the molecule is O=C(Cl)C=C(Cl)Cl. The Kier molecular flexibility index (Phi) is 3.44. The molecule has 0 saturated heterocycles. The maximum Gasteiger partial charge on any atom is 0.247 e. The quantitative estimate of drug-likeness (QED) is 0.423. The highest BCUT2D eigenvalue weighted by Gasteiger charge is 1.87. The first-order valence-corrected chi connectivity index (χ1v) is 2.48. The minimum Gasteiger partial charge on any atom is -0.276 e. The summed E-state index contributed by atoms with van der Waals surface area (Å²) >= 11 is 14.8. The Morgan fingerprint density at radius 3 is 1.71 bits per heavy atom. The van der Waals surface area contributed by atoms with E-state index in [2.05, 4.69) is 0 Å². The standard InChI is InChI=1S/C3HCl3O/c4-2(5)1-3(6)7/h1H. The molecule has 1 nitrogen and oxygen atoms in total. The molecule has 0 atom stereocenters. The molecule has 0 rings (SSSR count). The Morgan fingerprint density at radius 1 is 1.29 bits per heavy atom. The third kappa shape index (κ3) is 6.28. The summed E-state index contributed by atoms with van der Waals surface area (Å²) in [5.74, 6) is 0. The van der Waals surface area contributed by atoms with Crippen LogP contribution in [-0.4, -0.2) is 5.24 Å². The van der Waals surface area contributed by atoms with Crippen molar-refractivity contribution >= 4 is 40.0 Å². The van der Waals surface area contributed by atoms with Crippen molar-refractivity contribution < 1.29 is 4.79 Å². The molecule has 0 aliphatic heterocycles. The molecule has 0 fully saturated rings. The normalized spacial score (nSPS) is 7.86. The smallest absolute Gasteiger partial charge is 0.247 e. The number of rotatable bonds is 1. The van der Waals surface area contributed by atoms with E-state index in [1.165, 1.54) is 0 Å². The van der Waals surface area contributed by atoms with Crippen LogP contribution in [0.3, 0.4) is 0 Å². The molecule has 0 aliphatic rings. The van der Waals surface area contributed by atoms with Crippen molar-refractivity contribution in [3.63, 3.8) is 0 Å². The van der Waals surface area contributed by atoms with Gasteiger partial charge in [-0.3, -0.25) is 4.79 Å². The van der Waals surface area contributed by atoms with Gasteiger partial charge in [-0.15, -0.1) is 0 Å². The van der Waals surface area contributed by atoms with Crippen molar-refractivity contribution in [2.45, 2.75) is 0 Å². The first-order valence-electron chi connectivity index (χ1n) is 1.35. The van der Waals surface area contributed by atoms with E-state index in [0.717, 1.165) is 6.08 Å². The monoisotopic (exact) mass is 158 g/mol. The van der Waals surface area contributed by atoms with Gasteiger partial charge in [0, 0.05) is 6.08 Å². The Labute approximate surface area is 55.9 Å². The number of allylic oxidation sites excluding steroid dienone is 1. The van der Waals surface area contributed by atoms with E-state index >= 15 is 0 Å². The molecule has 0 aromatic heterocycles. The van der Waals surface area contributed by atoms with Crippen LogP contribution < -0.4 is 0 Å². The van der Waals surface area contributed by atoms with Gasteiger partial charge in [-0.05, 0) is 11.6 Å². The van der Waals surface area contributed by atoms with Gasteiger partial charge in [0.1, 0.15) is 4.49 Å². The van der Waals surface area contributed by atoms with Gasteiger partial charge in [-0.2, -0.15) is 0 Å². The fraction of sp³-hybridized carbons (Fsp3) is 0. The van der Waals surface area contributed by atoms with Crippen LogP contribution in [0.25, 0.3) is 0 Å². The lowest BCUT2D eigenvalue weighted by Gasteiger charge is -1.73. The summed E-state index contributed by atoms with van der Waals surface area (Å²) in [5.41, 5.74) is 0. The molecule has 0 unspecified atom stereocenters. The van der Waals surface area contributed by atoms with Crippen LogP contribution in [0, 0.1) is 0 Å².